The zero-order chi connectivity index (χ0) is 18.5. The van der Waals surface area contributed by atoms with Crippen molar-refractivity contribution in [2.75, 3.05) is 13.6 Å². The van der Waals surface area contributed by atoms with Gasteiger partial charge in [-0.15, -0.1) is 10.2 Å². The highest BCUT2D eigenvalue weighted by molar-refractivity contribution is 8.00. The van der Waals surface area contributed by atoms with Crippen molar-refractivity contribution < 1.29 is 4.79 Å². The van der Waals surface area contributed by atoms with Gasteiger partial charge < -0.3 is 9.47 Å². The molecule has 1 atom stereocenters. The van der Waals surface area contributed by atoms with Crippen molar-refractivity contribution in [1.82, 2.24) is 19.7 Å². The summed E-state index contributed by atoms with van der Waals surface area (Å²) in [7, 11) is 1.74. The van der Waals surface area contributed by atoms with Crippen LogP contribution in [0.2, 0.25) is 0 Å². The van der Waals surface area contributed by atoms with Crippen LogP contribution in [-0.2, 0) is 11.3 Å². The van der Waals surface area contributed by atoms with Crippen LogP contribution in [0.5, 0.6) is 0 Å². The second-order valence-corrected chi connectivity index (χ2v) is 7.92. The molecule has 7 heteroatoms. The lowest BCUT2D eigenvalue weighted by Crippen LogP contribution is -2.34. The molecule has 3 rings (SSSR count). The molecular weight excluding hydrogens is 346 g/mol. The summed E-state index contributed by atoms with van der Waals surface area (Å²) in [6.07, 6.45) is 2.65. The highest BCUT2D eigenvalue weighted by atomic mass is 32.2. The van der Waals surface area contributed by atoms with Gasteiger partial charge in [0.2, 0.25) is 5.91 Å². The normalized spacial score (nSPS) is 14.7. The Morgan fingerprint density at radius 3 is 2.77 bits per heavy atom. The fourth-order valence-corrected chi connectivity index (χ4v) is 3.76. The van der Waals surface area contributed by atoms with Gasteiger partial charge >= 0.3 is 0 Å². The zero-order valence-corrected chi connectivity index (χ0v) is 15.9. The average Bonchev–Trinajstić information content (AvgIpc) is 3.43. The van der Waals surface area contributed by atoms with E-state index in [1.54, 1.807) is 11.9 Å². The number of thioether (sulfide) groups is 1. The monoisotopic (exact) mass is 369 g/mol. The predicted molar refractivity (Wildman–Crippen MR) is 101 cm³/mol. The second kappa shape index (κ2) is 8.37. The van der Waals surface area contributed by atoms with E-state index in [1.807, 2.05) is 25.1 Å². The molecule has 1 heterocycles. The molecule has 1 aliphatic rings. The van der Waals surface area contributed by atoms with Gasteiger partial charge in [-0.25, -0.2) is 0 Å². The van der Waals surface area contributed by atoms with E-state index >= 15 is 0 Å². The van der Waals surface area contributed by atoms with Crippen LogP contribution in [0.3, 0.4) is 0 Å². The molecule has 1 aliphatic carbocycles. The van der Waals surface area contributed by atoms with Gasteiger partial charge in [0.25, 0.3) is 0 Å². The summed E-state index contributed by atoms with van der Waals surface area (Å²) in [6.45, 7) is 3.05. The standard InChI is InChI=1S/C19H23N5OS/c1-14(18(25)23(2)12-6-11-20)26-19-22-21-17(16-9-10-16)24(19)13-15-7-4-3-5-8-15/h3-5,7-8,14,16H,6,9-10,12-13H2,1-2H3/t14-/m1/s1. The van der Waals surface area contributed by atoms with Crippen LogP contribution in [-0.4, -0.2) is 44.4 Å². The van der Waals surface area contributed by atoms with E-state index in [1.165, 1.54) is 17.3 Å². The molecule has 0 N–H and O–H groups in total. The lowest BCUT2D eigenvalue weighted by atomic mass is 10.2. The Bertz CT molecular complexity index is 794. The summed E-state index contributed by atoms with van der Waals surface area (Å²) in [5, 5.41) is 18.0. The smallest absolute Gasteiger partial charge is 0.235 e. The van der Waals surface area contributed by atoms with E-state index in [0.29, 0.717) is 25.4 Å². The predicted octanol–water partition coefficient (Wildman–Crippen LogP) is 3.06. The Kier molecular flexibility index (Phi) is 5.94. The van der Waals surface area contributed by atoms with Gasteiger partial charge in [0.1, 0.15) is 5.82 Å². The fourth-order valence-electron chi connectivity index (χ4n) is 2.79. The number of benzene rings is 1. The zero-order valence-electron chi connectivity index (χ0n) is 15.1. The van der Waals surface area contributed by atoms with E-state index in [-0.39, 0.29) is 11.2 Å². The molecule has 26 heavy (non-hydrogen) atoms. The van der Waals surface area contributed by atoms with E-state index in [9.17, 15) is 4.79 Å². The number of nitrogens with zero attached hydrogens (tertiary/aromatic N) is 5. The minimum absolute atomic E-state index is 0.00693. The lowest BCUT2D eigenvalue weighted by Gasteiger charge is -2.20. The SMILES string of the molecule is C[C@@H](Sc1nnc(C2CC2)n1Cc1ccccc1)C(=O)N(C)CCC#N. The molecule has 0 saturated heterocycles. The van der Waals surface area contributed by atoms with Gasteiger partial charge in [0.15, 0.2) is 5.16 Å². The number of aromatic nitrogens is 3. The minimum Gasteiger partial charge on any atom is -0.344 e. The summed E-state index contributed by atoms with van der Waals surface area (Å²) < 4.78 is 2.15. The van der Waals surface area contributed by atoms with Crippen molar-refractivity contribution in [2.24, 2.45) is 0 Å². The van der Waals surface area contributed by atoms with Crippen molar-refractivity contribution in [2.45, 2.75) is 49.1 Å². The number of carbonyl (C=O) groups is 1. The summed E-state index contributed by atoms with van der Waals surface area (Å²) in [5.41, 5.74) is 1.20. The fraction of sp³-hybridized carbons (Fsp3) is 0.474. The number of hydrogen-bond acceptors (Lipinski definition) is 5. The highest BCUT2D eigenvalue weighted by Crippen LogP contribution is 2.40. The van der Waals surface area contributed by atoms with Crippen molar-refractivity contribution in [1.29, 1.82) is 5.26 Å². The molecule has 0 unspecified atom stereocenters. The molecule has 1 aromatic heterocycles. The van der Waals surface area contributed by atoms with Crippen molar-refractivity contribution in [3.63, 3.8) is 0 Å². The largest absolute Gasteiger partial charge is 0.344 e. The number of nitriles is 1. The maximum absolute atomic E-state index is 12.5. The highest BCUT2D eigenvalue weighted by Gasteiger charge is 2.31. The quantitative estimate of drug-likeness (QED) is 0.669. The van der Waals surface area contributed by atoms with Gasteiger partial charge in [-0.05, 0) is 25.3 Å². The van der Waals surface area contributed by atoms with Crippen molar-refractivity contribution in [3.05, 3.63) is 41.7 Å². The third-order valence-corrected chi connectivity index (χ3v) is 5.50. The first-order valence-corrected chi connectivity index (χ1v) is 9.73. The van der Waals surface area contributed by atoms with Gasteiger partial charge in [-0.2, -0.15) is 5.26 Å². The van der Waals surface area contributed by atoms with E-state index < -0.39 is 0 Å². The van der Waals surface area contributed by atoms with Gasteiger partial charge in [0.05, 0.1) is 24.3 Å². The molecule has 1 amide bonds. The summed E-state index contributed by atoms with van der Waals surface area (Å²) in [6, 6.07) is 12.3. The van der Waals surface area contributed by atoms with Crippen LogP contribution in [0.4, 0.5) is 0 Å². The number of carbonyl (C=O) groups excluding carboxylic acids is 1. The second-order valence-electron chi connectivity index (χ2n) is 6.61. The average molecular weight is 369 g/mol. The van der Waals surface area contributed by atoms with E-state index in [2.05, 4.69) is 33.0 Å². The van der Waals surface area contributed by atoms with Crippen molar-refractivity contribution in [3.8, 4) is 6.07 Å². The first kappa shape index (κ1) is 18.5. The maximum atomic E-state index is 12.5. The molecule has 0 radical (unpaired) electrons. The molecule has 0 spiro atoms. The first-order chi connectivity index (χ1) is 12.6. The van der Waals surface area contributed by atoms with Crippen LogP contribution in [0.25, 0.3) is 0 Å². The molecule has 1 aromatic carbocycles. The molecule has 0 aliphatic heterocycles. The maximum Gasteiger partial charge on any atom is 0.235 e. The van der Waals surface area contributed by atoms with Crippen LogP contribution < -0.4 is 0 Å². The Morgan fingerprint density at radius 2 is 2.12 bits per heavy atom. The molecule has 1 fully saturated rings. The molecule has 1 saturated carbocycles. The van der Waals surface area contributed by atoms with Crippen LogP contribution in [0, 0.1) is 11.3 Å². The van der Waals surface area contributed by atoms with Crippen LogP contribution >= 0.6 is 11.8 Å². The molecule has 6 nitrogen and oxygen atoms in total. The van der Waals surface area contributed by atoms with Crippen molar-refractivity contribution >= 4 is 17.7 Å². The first-order valence-electron chi connectivity index (χ1n) is 8.85. The van der Waals surface area contributed by atoms with E-state index in [4.69, 9.17) is 5.26 Å². The Morgan fingerprint density at radius 1 is 1.38 bits per heavy atom. The topological polar surface area (TPSA) is 74.8 Å². The van der Waals surface area contributed by atoms with Gasteiger partial charge in [-0.3, -0.25) is 4.79 Å². The summed E-state index contributed by atoms with van der Waals surface area (Å²) in [4.78, 5) is 14.1. The summed E-state index contributed by atoms with van der Waals surface area (Å²) in [5.74, 6) is 1.52. The van der Waals surface area contributed by atoms with Gasteiger partial charge in [-0.1, -0.05) is 42.1 Å². The molecule has 136 valence electrons. The number of rotatable bonds is 8. The minimum atomic E-state index is -0.274. The molecular formula is C19H23N5OS. The Balaban J connectivity index is 1.75. The number of amides is 1. The third-order valence-electron chi connectivity index (χ3n) is 4.44. The van der Waals surface area contributed by atoms with Crippen LogP contribution in [0.15, 0.2) is 35.5 Å². The number of hydrogen-bond donors (Lipinski definition) is 0. The summed E-state index contributed by atoms with van der Waals surface area (Å²) >= 11 is 1.44. The lowest BCUT2D eigenvalue weighted by molar-refractivity contribution is -0.128. The molecule has 2 aromatic rings. The third kappa shape index (κ3) is 4.44. The van der Waals surface area contributed by atoms with E-state index in [0.717, 1.165) is 23.8 Å². The Labute approximate surface area is 158 Å². The molecule has 0 bridgehead atoms. The Hall–Kier alpha value is -2.33. The van der Waals surface area contributed by atoms with Crippen LogP contribution in [0.1, 0.15) is 43.5 Å². The van der Waals surface area contributed by atoms with Gasteiger partial charge in [0, 0.05) is 19.5 Å².